The minimum absolute atomic E-state index is 0.212. The summed E-state index contributed by atoms with van der Waals surface area (Å²) in [4.78, 5) is 12.0. The van der Waals surface area contributed by atoms with Crippen LogP contribution >= 0.6 is 0 Å². The molecule has 2 heterocycles. The highest BCUT2D eigenvalue weighted by Crippen LogP contribution is 2.23. The molecule has 0 spiro atoms. The molecular formula is C14H22N4O2. The van der Waals surface area contributed by atoms with Crippen molar-refractivity contribution in [3.8, 4) is 0 Å². The second kappa shape index (κ2) is 6.65. The molecule has 1 fully saturated rings. The quantitative estimate of drug-likeness (QED) is 0.826. The highest BCUT2D eigenvalue weighted by molar-refractivity contribution is 5.92. The molecule has 1 aromatic heterocycles. The Morgan fingerprint density at radius 3 is 2.90 bits per heavy atom. The van der Waals surface area contributed by atoms with Crippen LogP contribution in [0, 0.1) is 0 Å². The minimum atomic E-state index is -0.244. The normalized spacial score (nSPS) is 21.7. The van der Waals surface area contributed by atoms with Crippen LogP contribution in [-0.2, 0) is 4.74 Å². The van der Waals surface area contributed by atoms with Crippen LogP contribution in [-0.4, -0.2) is 41.4 Å². The smallest absolute Gasteiger partial charge is 0.271 e. The summed E-state index contributed by atoms with van der Waals surface area (Å²) in [7, 11) is 0. The van der Waals surface area contributed by atoms with Crippen LogP contribution < -0.4 is 10.6 Å². The topological polar surface area (TPSA) is 76.1 Å². The Morgan fingerprint density at radius 2 is 2.30 bits per heavy atom. The fourth-order valence-corrected chi connectivity index (χ4v) is 2.13. The summed E-state index contributed by atoms with van der Waals surface area (Å²) in [5.41, 5.74) is 0.0831. The summed E-state index contributed by atoms with van der Waals surface area (Å²) < 4.78 is 5.63. The minimum Gasteiger partial charge on any atom is -0.373 e. The molecule has 2 rings (SSSR count). The van der Waals surface area contributed by atoms with E-state index in [0.29, 0.717) is 18.1 Å². The van der Waals surface area contributed by atoms with E-state index in [1.165, 1.54) is 0 Å². The van der Waals surface area contributed by atoms with Crippen molar-refractivity contribution in [2.45, 2.75) is 38.7 Å². The van der Waals surface area contributed by atoms with E-state index >= 15 is 0 Å². The predicted molar refractivity (Wildman–Crippen MR) is 76.7 cm³/mol. The molecule has 1 atom stereocenters. The predicted octanol–water partition coefficient (Wildman–Crippen LogP) is 1.60. The molecule has 1 amide bonds. The van der Waals surface area contributed by atoms with E-state index in [2.05, 4.69) is 27.8 Å². The molecule has 1 saturated heterocycles. The fraction of sp³-hybridized carbons (Fsp3) is 0.643. The Balaban J connectivity index is 1.85. The Hall–Kier alpha value is -1.69. The average Bonchev–Trinajstić information content (AvgIpc) is 2.90. The molecule has 1 aliphatic rings. The molecule has 110 valence electrons. The van der Waals surface area contributed by atoms with Gasteiger partial charge in [0.15, 0.2) is 5.69 Å². The second-order valence-corrected chi connectivity index (χ2v) is 5.32. The summed E-state index contributed by atoms with van der Waals surface area (Å²) in [6, 6.07) is 3.45. The van der Waals surface area contributed by atoms with Crippen LogP contribution in [0.4, 0.5) is 5.82 Å². The molecule has 1 aromatic rings. The van der Waals surface area contributed by atoms with Gasteiger partial charge < -0.3 is 15.4 Å². The van der Waals surface area contributed by atoms with Crippen molar-refractivity contribution in [3.63, 3.8) is 0 Å². The molecular weight excluding hydrogens is 256 g/mol. The molecule has 6 nitrogen and oxygen atoms in total. The van der Waals surface area contributed by atoms with Gasteiger partial charge in [-0.3, -0.25) is 4.79 Å². The van der Waals surface area contributed by atoms with Crippen molar-refractivity contribution in [2.24, 2.45) is 0 Å². The number of ether oxygens (including phenoxy) is 1. The van der Waals surface area contributed by atoms with Crippen molar-refractivity contribution in [1.29, 1.82) is 0 Å². The maximum Gasteiger partial charge on any atom is 0.271 e. The largest absolute Gasteiger partial charge is 0.373 e. The SMILES string of the molecule is CCCNc1ccc(C(=O)NCC2(C)CCCO2)nn1. The fourth-order valence-electron chi connectivity index (χ4n) is 2.13. The molecule has 0 bridgehead atoms. The van der Waals surface area contributed by atoms with Gasteiger partial charge in [0.25, 0.3) is 5.91 Å². The zero-order valence-corrected chi connectivity index (χ0v) is 12.1. The highest BCUT2D eigenvalue weighted by atomic mass is 16.5. The molecule has 0 radical (unpaired) electrons. The number of aromatic nitrogens is 2. The molecule has 6 heteroatoms. The number of anilines is 1. The molecule has 1 unspecified atom stereocenters. The number of carbonyl (C=O) groups is 1. The molecule has 0 aromatic carbocycles. The standard InChI is InChI=1S/C14H22N4O2/c1-3-8-15-12-6-5-11(17-18-12)13(19)16-10-14(2)7-4-9-20-14/h5-6H,3-4,7-10H2,1-2H3,(H,15,18)(H,16,19). The first-order valence-corrected chi connectivity index (χ1v) is 7.13. The highest BCUT2D eigenvalue weighted by Gasteiger charge is 2.30. The molecule has 0 saturated carbocycles. The summed E-state index contributed by atoms with van der Waals surface area (Å²) in [6.07, 6.45) is 3.03. The zero-order valence-electron chi connectivity index (χ0n) is 12.1. The molecule has 0 aliphatic carbocycles. The van der Waals surface area contributed by atoms with E-state index < -0.39 is 0 Å². The van der Waals surface area contributed by atoms with Gasteiger partial charge in [-0.05, 0) is 38.3 Å². The first-order chi connectivity index (χ1) is 9.63. The lowest BCUT2D eigenvalue weighted by Gasteiger charge is -2.23. The molecule has 2 N–H and O–H groups in total. The molecule has 20 heavy (non-hydrogen) atoms. The Kier molecular flexibility index (Phi) is 4.89. The number of rotatable bonds is 6. The lowest BCUT2D eigenvalue weighted by atomic mass is 10.0. The maximum absolute atomic E-state index is 12.0. The van der Waals surface area contributed by atoms with Gasteiger partial charge in [-0.15, -0.1) is 10.2 Å². The van der Waals surface area contributed by atoms with Gasteiger partial charge in [0.2, 0.25) is 0 Å². The summed E-state index contributed by atoms with van der Waals surface area (Å²) in [5.74, 6) is 0.478. The monoisotopic (exact) mass is 278 g/mol. The summed E-state index contributed by atoms with van der Waals surface area (Å²) >= 11 is 0. The van der Waals surface area contributed by atoms with E-state index in [1.807, 2.05) is 6.92 Å². The van der Waals surface area contributed by atoms with E-state index in [4.69, 9.17) is 4.74 Å². The number of carbonyl (C=O) groups excluding carboxylic acids is 1. The Morgan fingerprint density at radius 1 is 1.45 bits per heavy atom. The summed E-state index contributed by atoms with van der Waals surface area (Å²) in [6.45, 7) is 6.21. The van der Waals surface area contributed by atoms with Crippen LogP contribution in [0.5, 0.6) is 0 Å². The number of nitrogens with zero attached hydrogens (tertiary/aromatic N) is 2. The van der Waals surface area contributed by atoms with Gasteiger partial charge in [0.05, 0.1) is 5.60 Å². The Bertz CT molecular complexity index is 441. The first-order valence-electron chi connectivity index (χ1n) is 7.13. The lowest BCUT2D eigenvalue weighted by Crippen LogP contribution is -2.40. The van der Waals surface area contributed by atoms with Crippen molar-refractivity contribution in [1.82, 2.24) is 15.5 Å². The van der Waals surface area contributed by atoms with E-state index in [0.717, 1.165) is 32.4 Å². The first kappa shape index (κ1) is 14.7. The van der Waals surface area contributed by atoms with Crippen molar-refractivity contribution >= 4 is 11.7 Å². The maximum atomic E-state index is 12.0. The third-order valence-corrected chi connectivity index (χ3v) is 3.38. The number of amides is 1. The van der Waals surface area contributed by atoms with Gasteiger partial charge in [0.1, 0.15) is 5.82 Å². The van der Waals surface area contributed by atoms with Gasteiger partial charge in [0, 0.05) is 19.7 Å². The van der Waals surface area contributed by atoms with Gasteiger partial charge in [-0.25, -0.2) is 0 Å². The zero-order chi connectivity index (χ0) is 14.4. The van der Waals surface area contributed by atoms with Crippen molar-refractivity contribution in [3.05, 3.63) is 17.8 Å². The van der Waals surface area contributed by atoms with Gasteiger partial charge >= 0.3 is 0 Å². The van der Waals surface area contributed by atoms with E-state index in [1.54, 1.807) is 12.1 Å². The Labute approximate surface area is 119 Å². The van der Waals surface area contributed by atoms with Gasteiger partial charge in [-0.1, -0.05) is 6.92 Å². The van der Waals surface area contributed by atoms with Gasteiger partial charge in [-0.2, -0.15) is 0 Å². The van der Waals surface area contributed by atoms with Crippen LogP contribution in [0.3, 0.4) is 0 Å². The van der Waals surface area contributed by atoms with Crippen LogP contribution in [0.1, 0.15) is 43.6 Å². The lowest BCUT2D eigenvalue weighted by molar-refractivity contribution is 0.0205. The van der Waals surface area contributed by atoms with Crippen molar-refractivity contribution < 1.29 is 9.53 Å². The third kappa shape index (κ3) is 3.90. The number of hydrogen-bond donors (Lipinski definition) is 2. The van der Waals surface area contributed by atoms with Crippen LogP contribution in [0.15, 0.2) is 12.1 Å². The van der Waals surface area contributed by atoms with E-state index in [-0.39, 0.29) is 11.5 Å². The number of hydrogen-bond acceptors (Lipinski definition) is 5. The average molecular weight is 278 g/mol. The number of nitrogens with one attached hydrogen (secondary N) is 2. The van der Waals surface area contributed by atoms with E-state index in [9.17, 15) is 4.79 Å². The van der Waals surface area contributed by atoms with Crippen molar-refractivity contribution in [2.75, 3.05) is 25.0 Å². The second-order valence-electron chi connectivity index (χ2n) is 5.32. The summed E-state index contributed by atoms with van der Waals surface area (Å²) in [5, 5.41) is 13.9. The van der Waals surface area contributed by atoms with Crippen LogP contribution in [0.2, 0.25) is 0 Å². The molecule has 1 aliphatic heterocycles. The third-order valence-electron chi connectivity index (χ3n) is 3.38. The van der Waals surface area contributed by atoms with Crippen LogP contribution in [0.25, 0.3) is 0 Å².